The number of hydrogen-bond acceptors (Lipinski definition) is 8. The van der Waals surface area contributed by atoms with Crippen LogP contribution in [0.4, 0.5) is 11.5 Å². The van der Waals surface area contributed by atoms with E-state index in [2.05, 4.69) is 20.5 Å². The summed E-state index contributed by atoms with van der Waals surface area (Å²) in [5.41, 5.74) is 4.19. The Bertz CT molecular complexity index is 1070. The summed E-state index contributed by atoms with van der Waals surface area (Å²) in [6, 6.07) is 15.7. The maximum atomic E-state index is 9.95. The molecule has 0 aliphatic carbocycles. The number of benzene rings is 1. The quantitative estimate of drug-likeness (QED) is 0.305. The van der Waals surface area contributed by atoms with Crippen molar-refractivity contribution in [3.05, 3.63) is 66.0 Å². The minimum Gasteiger partial charge on any atom is -0.491 e. The molecule has 0 aliphatic rings. The first-order valence-electron chi connectivity index (χ1n) is 11.4. The van der Waals surface area contributed by atoms with E-state index in [1.165, 1.54) is 6.21 Å². The molecular weight excluding hydrogens is 428 g/mol. The number of aliphatic hydroxyl groups is 1. The van der Waals surface area contributed by atoms with Gasteiger partial charge in [0.05, 0.1) is 29.2 Å². The molecule has 3 rings (SSSR count). The Hall–Kier alpha value is -3.49. The highest BCUT2D eigenvalue weighted by atomic mass is 16.5. The molecule has 0 amide bonds. The van der Waals surface area contributed by atoms with Crippen molar-refractivity contribution >= 4 is 17.7 Å². The third-order valence-corrected chi connectivity index (χ3v) is 5.15. The van der Waals surface area contributed by atoms with Gasteiger partial charge in [0.15, 0.2) is 0 Å². The largest absolute Gasteiger partial charge is 0.491 e. The van der Waals surface area contributed by atoms with E-state index in [0.717, 1.165) is 28.2 Å². The second kappa shape index (κ2) is 12.1. The molecule has 0 aliphatic heterocycles. The molecule has 180 valence electrons. The van der Waals surface area contributed by atoms with E-state index < -0.39 is 6.10 Å². The first kappa shape index (κ1) is 25.1. The molecule has 0 saturated heterocycles. The normalized spacial score (nSPS) is 11.8. The van der Waals surface area contributed by atoms with Gasteiger partial charge in [-0.05, 0) is 51.2 Å². The Morgan fingerprint density at radius 2 is 2.00 bits per heavy atom. The van der Waals surface area contributed by atoms with Crippen LogP contribution in [0.1, 0.15) is 25.1 Å². The molecule has 1 atom stereocenters. The Balaban J connectivity index is 1.98. The molecule has 2 aromatic heterocycles. The predicted molar refractivity (Wildman–Crippen MR) is 138 cm³/mol. The van der Waals surface area contributed by atoms with E-state index in [1.807, 2.05) is 69.4 Å². The molecule has 8 heteroatoms. The summed E-state index contributed by atoms with van der Waals surface area (Å²) >= 11 is 0. The summed E-state index contributed by atoms with van der Waals surface area (Å²) in [6.45, 7) is 5.35. The van der Waals surface area contributed by atoms with Crippen LogP contribution in [-0.2, 0) is 6.54 Å². The lowest BCUT2D eigenvalue weighted by Crippen LogP contribution is -2.29. The maximum absolute atomic E-state index is 9.95. The molecule has 34 heavy (non-hydrogen) atoms. The van der Waals surface area contributed by atoms with Gasteiger partial charge in [0.1, 0.15) is 24.3 Å². The number of rotatable bonds is 12. The highest BCUT2D eigenvalue weighted by molar-refractivity contribution is 5.94. The molecule has 3 aromatic rings. The number of likely N-dealkylation sites (N-methyl/N-ethyl adjacent to an activating group) is 1. The fraction of sp³-hybridized carbons (Fsp3) is 0.346. The van der Waals surface area contributed by atoms with Crippen molar-refractivity contribution in [2.75, 3.05) is 37.5 Å². The summed E-state index contributed by atoms with van der Waals surface area (Å²) in [5, 5.41) is 24.4. The van der Waals surface area contributed by atoms with Gasteiger partial charge in [-0.25, -0.2) is 4.98 Å². The Kier molecular flexibility index (Phi) is 8.95. The lowest BCUT2D eigenvalue weighted by atomic mass is 10.1. The highest BCUT2D eigenvalue weighted by Crippen LogP contribution is 2.32. The number of aromatic nitrogens is 2. The Morgan fingerprint density at radius 1 is 1.18 bits per heavy atom. The number of hydrogen-bond donors (Lipinski definition) is 4. The third-order valence-electron chi connectivity index (χ3n) is 5.15. The maximum Gasteiger partial charge on any atom is 0.137 e. The fourth-order valence-corrected chi connectivity index (χ4v) is 3.58. The fourth-order valence-electron chi connectivity index (χ4n) is 3.58. The van der Waals surface area contributed by atoms with Crippen LogP contribution < -0.4 is 20.3 Å². The number of anilines is 2. The van der Waals surface area contributed by atoms with Crippen LogP contribution in [0.2, 0.25) is 0 Å². The average molecular weight is 463 g/mol. The van der Waals surface area contributed by atoms with Crippen LogP contribution in [0.15, 0.2) is 54.7 Å². The van der Waals surface area contributed by atoms with Gasteiger partial charge in [-0.3, -0.25) is 4.98 Å². The summed E-state index contributed by atoms with van der Waals surface area (Å²) in [4.78, 5) is 11.4. The highest BCUT2D eigenvalue weighted by Gasteiger charge is 2.17. The van der Waals surface area contributed by atoms with E-state index in [4.69, 9.17) is 15.1 Å². The lowest BCUT2D eigenvalue weighted by Gasteiger charge is -2.24. The van der Waals surface area contributed by atoms with E-state index >= 15 is 0 Å². The van der Waals surface area contributed by atoms with Gasteiger partial charge >= 0.3 is 0 Å². The molecule has 1 aromatic carbocycles. The molecule has 0 bridgehead atoms. The van der Waals surface area contributed by atoms with Gasteiger partial charge in [0.2, 0.25) is 0 Å². The van der Waals surface area contributed by atoms with Crippen molar-refractivity contribution < 1.29 is 9.84 Å². The van der Waals surface area contributed by atoms with Crippen molar-refractivity contribution in [2.45, 2.75) is 32.5 Å². The predicted octanol–water partition coefficient (Wildman–Crippen LogP) is 3.56. The Morgan fingerprint density at radius 3 is 2.68 bits per heavy atom. The second-order valence-corrected chi connectivity index (χ2v) is 8.46. The summed E-state index contributed by atoms with van der Waals surface area (Å²) in [6.07, 6.45) is 2.53. The van der Waals surface area contributed by atoms with Crippen molar-refractivity contribution in [1.82, 2.24) is 15.3 Å². The van der Waals surface area contributed by atoms with Gasteiger partial charge in [-0.2, -0.15) is 0 Å². The smallest absolute Gasteiger partial charge is 0.137 e. The lowest BCUT2D eigenvalue weighted by molar-refractivity contribution is 0.108. The number of aliphatic hydroxyl groups excluding tert-OH is 1. The molecule has 4 N–H and O–H groups in total. The summed E-state index contributed by atoms with van der Waals surface area (Å²) in [7, 11) is 3.78. The first-order chi connectivity index (χ1) is 16.4. The molecule has 2 heterocycles. The monoisotopic (exact) mass is 462 g/mol. The van der Waals surface area contributed by atoms with Gasteiger partial charge in [-0.15, -0.1) is 0 Å². The van der Waals surface area contributed by atoms with Crippen molar-refractivity contribution in [1.29, 1.82) is 5.41 Å². The molecule has 0 saturated carbocycles. The zero-order valence-electron chi connectivity index (χ0n) is 20.2. The van der Waals surface area contributed by atoms with Crippen molar-refractivity contribution in [3.63, 3.8) is 0 Å². The van der Waals surface area contributed by atoms with Gasteiger partial charge in [0.25, 0.3) is 0 Å². The molecule has 0 radical (unpaired) electrons. The number of nitrogens with zero attached hydrogens (tertiary/aromatic N) is 3. The zero-order valence-corrected chi connectivity index (χ0v) is 20.2. The summed E-state index contributed by atoms with van der Waals surface area (Å²) in [5.74, 6) is 1.31. The van der Waals surface area contributed by atoms with Crippen LogP contribution >= 0.6 is 0 Å². The third kappa shape index (κ3) is 6.76. The first-order valence-corrected chi connectivity index (χ1v) is 11.4. The minimum atomic E-state index is -0.590. The molecule has 8 nitrogen and oxygen atoms in total. The van der Waals surface area contributed by atoms with E-state index in [9.17, 15) is 5.11 Å². The van der Waals surface area contributed by atoms with E-state index in [1.54, 1.807) is 13.2 Å². The van der Waals surface area contributed by atoms with E-state index in [0.29, 0.717) is 24.7 Å². The second-order valence-electron chi connectivity index (χ2n) is 8.46. The number of nitrogens with one attached hydrogen (secondary N) is 3. The van der Waals surface area contributed by atoms with E-state index in [-0.39, 0.29) is 12.6 Å². The van der Waals surface area contributed by atoms with Crippen molar-refractivity contribution in [3.8, 4) is 17.0 Å². The van der Waals surface area contributed by atoms with Crippen LogP contribution in [0, 0.1) is 5.41 Å². The molecule has 0 spiro atoms. The minimum absolute atomic E-state index is 0.152. The van der Waals surface area contributed by atoms with Crippen LogP contribution in [0.5, 0.6) is 5.75 Å². The summed E-state index contributed by atoms with van der Waals surface area (Å²) < 4.78 is 5.79. The van der Waals surface area contributed by atoms with Gasteiger partial charge < -0.3 is 30.8 Å². The van der Waals surface area contributed by atoms with Crippen LogP contribution in [0.3, 0.4) is 0 Å². The van der Waals surface area contributed by atoms with Gasteiger partial charge in [-0.1, -0.05) is 18.2 Å². The molecule has 1 unspecified atom stereocenters. The number of ether oxygens (including phenoxy) is 1. The average Bonchev–Trinajstić information content (AvgIpc) is 2.83. The standard InChI is InChI=1S/C26H34N6O2/c1-18(2)30-26-23(14-27)25(32(4)16-20-9-5-6-11-29-20)13-24(31-26)19-8-7-10-22(12-19)34-17-21(33)15-28-3/h5-14,18,21,27-28,33H,15-17H2,1-4H3,(H,30,31). The SMILES string of the molecule is CNCC(O)COc1cccc(-c2cc(N(C)Cc3ccccn3)c(C=N)c(NC(C)C)n2)c1. The molecule has 0 fully saturated rings. The van der Waals surface area contributed by atoms with Crippen LogP contribution in [0.25, 0.3) is 11.3 Å². The Labute approximate surface area is 201 Å². The van der Waals surface area contributed by atoms with Crippen LogP contribution in [-0.4, -0.2) is 60.7 Å². The van der Waals surface area contributed by atoms with Gasteiger partial charge in [0, 0.05) is 37.6 Å². The topological polar surface area (TPSA) is 106 Å². The zero-order chi connectivity index (χ0) is 24.5. The molecular formula is C26H34N6O2. The van der Waals surface area contributed by atoms with Crippen molar-refractivity contribution in [2.24, 2.45) is 0 Å². The number of pyridine rings is 2.